The Hall–Kier alpha value is -3.40. The molecular weight excluding hydrogens is 348 g/mol. The van der Waals surface area contributed by atoms with E-state index in [2.05, 4.69) is 31.3 Å². The first-order valence-corrected chi connectivity index (χ1v) is 9.19. The number of nitrogens with one attached hydrogen (secondary N) is 1. The highest BCUT2D eigenvalue weighted by Crippen LogP contribution is 2.22. The van der Waals surface area contributed by atoms with Crippen LogP contribution in [-0.2, 0) is 5.41 Å². The first-order valence-electron chi connectivity index (χ1n) is 9.19. The van der Waals surface area contributed by atoms with Crippen LogP contribution in [0.2, 0.25) is 0 Å². The quantitative estimate of drug-likeness (QED) is 0.472. The number of benzene rings is 3. The molecule has 0 aliphatic carbocycles. The summed E-state index contributed by atoms with van der Waals surface area (Å²) in [5.74, 6) is 1.23. The minimum absolute atomic E-state index is 0.0556. The molecule has 142 valence electrons. The van der Waals surface area contributed by atoms with Gasteiger partial charge in [0.2, 0.25) is 0 Å². The number of carbonyl (C=O) groups excluding carboxylic acids is 1. The minimum Gasteiger partial charge on any atom is -0.457 e. The van der Waals surface area contributed by atoms with E-state index >= 15 is 0 Å². The van der Waals surface area contributed by atoms with Gasteiger partial charge in [-0.15, -0.1) is 0 Å². The predicted molar refractivity (Wildman–Crippen MR) is 113 cm³/mol. The molecule has 28 heavy (non-hydrogen) atoms. The third-order valence-electron chi connectivity index (χ3n) is 4.23. The maximum atomic E-state index is 12.3. The fourth-order valence-corrected chi connectivity index (χ4v) is 2.63. The number of para-hydroxylation sites is 1. The third-order valence-corrected chi connectivity index (χ3v) is 4.23. The van der Waals surface area contributed by atoms with E-state index in [-0.39, 0.29) is 11.3 Å². The van der Waals surface area contributed by atoms with Crippen LogP contribution in [0.4, 0.5) is 0 Å². The van der Waals surface area contributed by atoms with Crippen LogP contribution in [0, 0.1) is 0 Å². The average molecular weight is 372 g/mol. The zero-order valence-electron chi connectivity index (χ0n) is 16.3. The number of hydrogen-bond acceptors (Lipinski definition) is 3. The Morgan fingerprint density at radius 2 is 1.57 bits per heavy atom. The van der Waals surface area contributed by atoms with Crippen molar-refractivity contribution < 1.29 is 9.53 Å². The second kappa shape index (κ2) is 8.53. The van der Waals surface area contributed by atoms with Gasteiger partial charge in [0.1, 0.15) is 11.5 Å². The molecule has 0 bridgehead atoms. The molecule has 1 amide bonds. The summed E-state index contributed by atoms with van der Waals surface area (Å²) in [5.41, 5.74) is 5.21. The second-order valence-corrected chi connectivity index (χ2v) is 7.51. The highest BCUT2D eigenvalue weighted by molar-refractivity contribution is 5.94. The van der Waals surface area contributed by atoms with Crippen molar-refractivity contribution >= 4 is 12.1 Å². The van der Waals surface area contributed by atoms with E-state index in [0.717, 1.165) is 11.3 Å². The van der Waals surface area contributed by atoms with Crippen molar-refractivity contribution in [3.63, 3.8) is 0 Å². The molecule has 0 heterocycles. The molecule has 0 radical (unpaired) electrons. The number of rotatable bonds is 5. The van der Waals surface area contributed by atoms with E-state index in [1.807, 2.05) is 78.9 Å². The number of hydrazone groups is 1. The van der Waals surface area contributed by atoms with Gasteiger partial charge in [0.05, 0.1) is 6.21 Å². The van der Waals surface area contributed by atoms with Crippen LogP contribution < -0.4 is 10.2 Å². The van der Waals surface area contributed by atoms with Crippen LogP contribution >= 0.6 is 0 Å². The molecule has 0 unspecified atom stereocenters. The van der Waals surface area contributed by atoms with Crippen molar-refractivity contribution in [1.29, 1.82) is 0 Å². The number of ether oxygens (including phenoxy) is 1. The maximum Gasteiger partial charge on any atom is 0.271 e. The van der Waals surface area contributed by atoms with Gasteiger partial charge in [-0.05, 0) is 52.9 Å². The largest absolute Gasteiger partial charge is 0.457 e. The number of nitrogens with zero attached hydrogens (tertiary/aromatic N) is 1. The molecule has 0 saturated heterocycles. The van der Waals surface area contributed by atoms with Crippen molar-refractivity contribution in [2.45, 2.75) is 26.2 Å². The normalized spacial score (nSPS) is 11.4. The summed E-state index contributed by atoms with van der Waals surface area (Å²) in [5, 5.41) is 4.06. The van der Waals surface area contributed by atoms with Crippen molar-refractivity contribution in [2.24, 2.45) is 5.10 Å². The van der Waals surface area contributed by atoms with Gasteiger partial charge in [0.15, 0.2) is 0 Å². The van der Waals surface area contributed by atoms with E-state index < -0.39 is 0 Å². The molecule has 0 aromatic heterocycles. The summed E-state index contributed by atoms with van der Waals surface area (Å²) < 4.78 is 5.81. The van der Waals surface area contributed by atoms with Crippen LogP contribution in [0.25, 0.3) is 0 Å². The summed E-state index contributed by atoms with van der Waals surface area (Å²) in [7, 11) is 0. The molecule has 0 aliphatic heterocycles. The van der Waals surface area contributed by atoms with Crippen LogP contribution in [0.3, 0.4) is 0 Å². The van der Waals surface area contributed by atoms with E-state index in [0.29, 0.717) is 11.3 Å². The number of amides is 1. The molecule has 3 aromatic rings. The Morgan fingerprint density at radius 1 is 0.893 bits per heavy atom. The van der Waals surface area contributed by atoms with Crippen molar-refractivity contribution in [1.82, 2.24) is 5.43 Å². The van der Waals surface area contributed by atoms with Gasteiger partial charge in [-0.2, -0.15) is 5.10 Å². The molecule has 0 saturated carbocycles. The van der Waals surface area contributed by atoms with E-state index in [1.165, 1.54) is 5.56 Å². The van der Waals surface area contributed by atoms with Crippen LogP contribution in [0.15, 0.2) is 84.0 Å². The predicted octanol–water partition coefficient (Wildman–Crippen LogP) is 5.54. The third kappa shape index (κ3) is 5.30. The van der Waals surface area contributed by atoms with Gasteiger partial charge in [-0.25, -0.2) is 5.43 Å². The molecule has 1 N–H and O–H groups in total. The van der Waals surface area contributed by atoms with E-state index in [1.54, 1.807) is 6.21 Å². The van der Waals surface area contributed by atoms with Gasteiger partial charge in [0.25, 0.3) is 5.91 Å². The molecule has 0 fully saturated rings. The molecule has 4 nitrogen and oxygen atoms in total. The highest BCUT2D eigenvalue weighted by Gasteiger charge is 2.14. The lowest BCUT2D eigenvalue weighted by atomic mass is 9.87. The Bertz CT molecular complexity index is 956. The minimum atomic E-state index is -0.242. The SMILES string of the molecule is CC(C)(C)c1ccc(C(=O)N/N=C/c2cccc(Oc3ccccc3)c2)cc1. The smallest absolute Gasteiger partial charge is 0.271 e. The Kier molecular flexibility index (Phi) is 5.90. The first kappa shape index (κ1) is 19.4. The van der Waals surface area contributed by atoms with Gasteiger partial charge < -0.3 is 4.74 Å². The van der Waals surface area contributed by atoms with Crippen LogP contribution in [0.5, 0.6) is 11.5 Å². The molecule has 0 aliphatic rings. The van der Waals surface area contributed by atoms with Crippen molar-refractivity contribution in [2.75, 3.05) is 0 Å². The summed E-state index contributed by atoms with van der Waals surface area (Å²) in [4.78, 5) is 12.3. The van der Waals surface area contributed by atoms with E-state index in [9.17, 15) is 4.79 Å². The zero-order chi connectivity index (χ0) is 20.0. The van der Waals surface area contributed by atoms with Gasteiger partial charge in [0, 0.05) is 5.56 Å². The van der Waals surface area contributed by atoms with Crippen LogP contribution in [0.1, 0.15) is 42.3 Å². The highest BCUT2D eigenvalue weighted by atomic mass is 16.5. The summed E-state index contributed by atoms with van der Waals surface area (Å²) in [6.45, 7) is 6.42. The van der Waals surface area contributed by atoms with Crippen molar-refractivity contribution in [3.05, 3.63) is 95.6 Å². The van der Waals surface area contributed by atoms with Crippen LogP contribution in [-0.4, -0.2) is 12.1 Å². The lowest BCUT2D eigenvalue weighted by Gasteiger charge is -2.18. The van der Waals surface area contributed by atoms with Gasteiger partial charge in [-0.3, -0.25) is 4.79 Å². The standard InChI is InChI=1S/C24H24N2O2/c1-24(2,3)20-14-12-19(13-15-20)23(27)26-25-17-18-8-7-11-22(16-18)28-21-9-5-4-6-10-21/h4-17H,1-3H3,(H,26,27)/b25-17+. The molecule has 4 heteroatoms. The number of carbonyl (C=O) groups is 1. The molecule has 0 spiro atoms. The lowest BCUT2D eigenvalue weighted by molar-refractivity contribution is 0.0955. The molecule has 0 atom stereocenters. The van der Waals surface area contributed by atoms with Gasteiger partial charge in [-0.1, -0.05) is 63.2 Å². The Balaban J connectivity index is 1.61. The molecular formula is C24H24N2O2. The fraction of sp³-hybridized carbons (Fsp3) is 0.167. The zero-order valence-corrected chi connectivity index (χ0v) is 16.3. The van der Waals surface area contributed by atoms with E-state index in [4.69, 9.17) is 4.74 Å². The Labute approximate surface area is 165 Å². The molecule has 3 rings (SSSR count). The molecule has 3 aromatic carbocycles. The monoisotopic (exact) mass is 372 g/mol. The van der Waals surface area contributed by atoms with Crippen molar-refractivity contribution in [3.8, 4) is 11.5 Å². The summed E-state index contributed by atoms with van der Waals surface area (Å²) in [6, 6.07) is 24.7. The topological polar surface area (TPSA) is 50.7 Å². The average Bonchev–Trinajstić information content (AvgIpc) is 2.68. The second-order valence-electron chi connectivity index (χ2n) is 7.51. The Morgan fingerprint density at radius 3 is 2.25 bits per heavy atom. The fourth-order valence-electron chi connectivity index (χ4n) is 2.63. The lowest BCUT2D eigenvalue weighted by Crippen LogP contribution is -2.18. The maximum absolute atomic E-state index is 12.3. The number of hydrogen-bond donors (Lipinski definition) is 1. The van der Waals surface area contributed by atoms with Gasteiger partial charge >= 0.3 is 0 Å². The summed E-state index contributed by atoms with van der Waals surface area (Å²) in [6.07, 6.45) is 1.60. The first-order chi connectivity index (χ1) is 13.4. The summed E-state index contributed by atoms with van der Waals surface area (Å²) >= 11 is 0.